The van der Waals surface area contributed by atoms with Gasteiger partial charge in [0.1, 0.15) is 6.10 Å². The minimum Gasteiger partial charge on any atom is -0.486 e. The second-order valence-corrected chi connectivity index (χ2v) is 6.07. The summed E-state index contributed by atoms with van der Waals surface area (Å²) in [6, 6.07) is 0. The standard InChI is InChI=1S/C9H14N2O3S/c1-11-6-9(5-10-11)14-8-3-2-4-15(12,13)7-8/h5-6,8H,2-4,7H2,1H3. The van der Waals surface area contributed by atoms with Gasteiger partial charge in [0, 0.05) is 7.05 Å². The quantitative estimate of drug-likeness (QED) is 0.736. The van der Waals surface area contributed by atoms with E-state index in [2.05, 4.69) is 5.10 Å². The Hall–Kier alpha value is -1.04. The molecule has 0 aliphatic carbocycles. The summed E-state index contributed by atoms with van der Waals surface area (Å²) < 4.78 is 29.9. The molecule has 0 spiro atoms. The van der Waals surface area contributed by atoms with E-state index in [4.69, 9.17) is 4.74 Å². The predicted octanol–water partition coefficient (Wildman–Crippen LogP) is 0.376. The molecule has 0 amide bonds. The number of hydrogen-bond acceptors (Lipinski definition) is 4. The first-order valence-electron chi connectivity index (χ1n) is 4.91. The first-order valence-corrected chi connectivity index (χ1v) is 6.73. The zero-order valence-electron chi connectivity index (χ0n) is 8.59. The van der Waals surface area contributed by atoms with Gasteiger partial charge in [-0.25, -0.2) is 8.42 Å². The zero-order chi connectivity index (χ0) is 10.9. The maximum absolute atomic E-state index is 11.4. The van der Waals surface area contributed by atoms with Crippen LogP contribution in [0.1, 0.15) is 12.8 Å². The van der Waals surface area contributed by atoms with Crippen LogP contribution in [0.2, 0.25) is 0 Å². The van der Waals surface area contributed by atoms with Gasteiger partial charge in [0.25, 0.3) is 0 Å². The normalized spacial score (nSPS) is 25.0. The molecule has 2 heterocycles. The van der Waals surface area contributed by atoms with Gasteiger partial charge >= 0.3 is 0 Å². The predicted molar refractivity (Wildman–Crippen MR) is 55.5 cm³/mol. The number of nitrogens with zero attached hydrogens (tertiary/aromatic N) is 2. The van der Waals surface area contributed by atoms with Crippen molar-refractivity contribution in [2.24, 2.45) is 7.05 Å². The SMILES string of the molecule is Cn1cc(OC2CCCS(=O)(=O)C2)cn1. The fraction of sp³-hybridized carbons (Fsp3) is 0.667. The van der Waals surface area contributed by atoms with E-state index in [1.165, 1.54) is 0 Å². The van der Waals surface area contributed by atoms with Crippen molar-refractivity contribution in [3.8, 4) is 5.75 Å². The molecule has 0 bridgehead atoms. The maximum atomic E-state index is 11.4. The Labute approximate surface area is 89.0 Å². The first-order chi connectivity index (χ1) is 7.05. The van der Waals surface area contributed by atoms with E-state index >= 15 is 0 Å². The van der Waals surface area contributed by atoms with Gasteiger partial charge in [-0.05, 0) is 12.8 Å². The van der Waals surface area contributed by atoms with E-state index in [9.17, 15) is 8.42 Å². The van der Waals surface area contributed by atoms with E-state index in [0.717, 1.165) is 6.42 Å². The third-order valence-electron chi connectivity index (χ3n) is 2.41. The van der Waals surface area contributed by atoms with Gasteiger partial charge < -0.3 is 4.74 Å². The van der Waals surface area contributed by atoms with Crippen LogP contribution in [-0.2, 0) is 16.9 Å². The summed E-state index contributed by atoms with van der Waals surface area (Å²) in [6.45, 7) is 0. The topological polar surface area (TPSA) is 61.2 Å². The average molecular weight is 230 g/mol. The average Bonchev–Trinajstić information content (AvgIpc) is 2.49. The van der Waals surface area contributed by atoms with Crippen LogP contribution in [0.4, 0.5) is 0 Å². The van der Waals surface area contributed by atoms with Crippen LogP contribution >= 0.6 is 0 Å². The summed E-state index contributed by atoms with van der Waals surface area (Å²) in [5.41, 5.74) is 0. The highest BCUT2D eigenvalue weighted by Gasteiger charge is 2.26. The summed E-state index contributed by atoms with van der Waals surface area (Å²) >= 11 is 0. The van der Waals surface area contributed by atoms with Crippen molar-refractivity contribution in [3.63, 3.8) is 0 Å². The van der Waals surface area contributed by atoms with Gasteiger partial charge in [-0.15, -0.1) is 0 Å². The Morgan fingerprint density at radius 1 is 1.60 bits per heavy atom. The molecular formula is C9H14N2O3S. The lowest BCUT2D eigenvalue weighted by Crippen LogP contribution is -2.33. The Kier molecular flexibility index (Phi) is 2.68. The molecule has 0 saturated carbocycles. The van der Waals surface area contributed by atoms with Crippen LogP contribution in [0.5, 0.6) is 5.75 Å². The highest BCUT2D eigenvalue weighted by molar-refractivity contribution is 7.91. The molecule has 1 aromatic rings. The van der Waals surface area contributed by atoms with Crippen molar-refractivity contribution in [2.45, 2.75) is 18.9 Å². The Bertz CT molecular complexity index is 438. The molecule has 2 rings (SSSR count). The molecule has 84 valence electrons. The number of hydrogen-bond donors (Lipinski definition) is 0. The minimum atomic E-state index is -2.90. The summed E-state index contributed by atoms with van der Waals surface area (Å²) in [5.74, 6) is 1.06. The summed E-state index contributed by atoms with van der Waals surface area (Å²) in [4.78, 5) is 0. The zero-order valence-corrected chi connectivity index (χ0v) is 9.40. The van der Waals surface area contributed by atoms with Crippen molar-refractivity contribution in [3.05, 3.63) is 12.4 Å². The second kappa shape index (κ2) is 3.84. The summed E-state index contributed by atoms with van der Waals surface area (Å²) in [5, 5.41) is 3.96. The van der Waals surface area contributed by atoms with E-state index in [1.54, 1.807) is 24.1 Å². The van der Waals surface area contributed by atoms with Gasteiger partial charge in [0.2, 0.25) is 0 Å². The Balaban J connectivity index is 2.01. The molecule has 1 fully saturated rings. The van der Waals surface area contributed by atoms with E-state index in [1.807, 2.05) is 0 Å². The lowest BCUT2D eigenvalue weighted by Gasteiger charge is -2.22. The van der Waals surface area contributed by atoms with Crippen molar-refractivity contribution in [1.82, 2.24) is 9.78 Å². The highest BCUT2D eigenvalue weighted by Crippen LogP contribution is 2.18. The molecule has 5 nitrogen and oxygen atoms in total. The molecule has 1 atom stereocenters. The number of aromatic nitrogens is 2. The van der Waals surface area contributed by atoms with Crippen LogP contribution in [0.3, 0.4) is 0 Å². The molecule has 0 aromatic carbocycles. The third kappa shape index (κ3) is 2.71. The smallest absolute Gasteiger partial charge is 0.157 e. The molecule has 0 radical (unpaired) electrons. The van der Waals surface area contributed by atoms with Crippen LogP contribution in [-0.4, -0.2) is 35.8 Å². The molecule has 1 aliphatic heterocycles. The van der Waals surface area contributed by atoms with E-state index in [0.29, 0.717) is 17.9 Å². The van der Waals surface area contributed by atoms with Gasteiger partial charge in [-0.3, -0.25) is 4.68 Å². The molecule has 1 aromatic heterocycles. The second-order valence-electron chi connectivity index (χ2n) is 3.85. The van der Waals surface area contributed by atoms with Gasteiger partial charge in [-0.2, -0.15) is 5.10 Å². The van der Waals surface area contributed by atoms with Crippen molar-refractivity contribution >= 4 is 9.84 Å². The van der Waals surface area contributed by atoms with Crippen molar-refractivity contribution in [2.75, 3.05) is 11.5 Å². The van der Waals surface area contributed by atoms with Crippen molar-refractivity contribution < 1.29 is 13.2 Å². The molecule has 15 heavy (non-hydrogen) atoms. The Morgan fingerprint density at radius 2 is 2.40 bits per heavy atom. The largest absolute Gasteiger partial charge is 0.486 e. The highest BCUT2D eigenvalue weighted by atomic mass is 32.2. The first kappa shape index (κ1) is 10.5. The molecular weight excluding hydrogens is 216 g/mol. The molecule has 6 heteroatoms. The number of rotatable bonds is 2. The van der Waals surface area contributed by atoms with Gasteiger partial charge in [0.05, 0.1) is 23.9 Å². The maximum Gasteiger partial charge on any atom is 0.157 e. The van der Waals surface area contributed by atoms with Gasteiger partial charge in [0.15, 0.2) is 15.6 Å². The van der Waals surface area contributed by atoms with Crippen LogP contribution in [0, 0.1) is 0 Å². The molecule has 1 saturated heterocycles. The Morgan fingerprint density at radius 3 is 3.00 bits per heavy atom. The fourth-order valence-electron chi connectivity index (χ4n) is 1.73. The number of aryl methyl sites for hydroxylation is 1. The van der Waals surface area contributed by atoms with Crippen LogP contribution < -0.4 is 4.74 Å². The molecule has 1 aliphatic rings. The van der Waals surface area contributed by atoms with Crippen molar-refractivity contribution in [1.29, 1.82) is 0 Å². The fourth-order valence-corrected chi connectivity index (χ4v) is 3.30. The van der Waals surface area contributed by atoms with Crippen LogP contribution in [0.15, 0.2) is 12.4 Å². The lowest BCUT2D eigenvalue weighted by molar-refractivity contribution is 0.207. The van der Waals surface area contributed by atoms with E-state index in [-0.39, 0.29) is 11.9 Å². The number of ether oxygens (including phenoxy) is 1. The lowest BCUT2D eigenvalue weighted by atomic mass is 10.2. The summed E-state index contributed by atoms with van der Waals surface area (Å²) in [6.07, 6.45) is 4.61. The third-order valence-corrected chi connectivity index (χ3v) is 4.20. The minimum absolute atomic E-state index is 0.127. The monoisotopic (exact) mass is 230 g/mol. The molecule has 0 N–H and O–H groups in total. The van der Waals surface area contributed by atoms with E-state index < -0.39 is 9.84 Å². The number of sulfone groups is 1. The summed E-state index contributed by atoms with van der Waals surface area (Å²) in [7, 11) is -1.10. The molecule has 1 unspecified atom stereocenters. The van der Waals surface area contributed by atoms with Gasteiger partial charge in [-0.1, -0.05) is 0 Å². The van der Waals surface area contributed by atoms with Crippen LogP contribution in [0.25, 0.3) is 0 Å².